The lowest BCUT2D eigenvalue weighted by atomic mass is 10.5. The third kappa shape index (κ3) is 3.06. The first-order chi connectivity index (χ1) is 7.16. The van der Waals surface area contributed by atoms with Gasteiger partial charge in [-0.05, 0) is 6.42 Å². The van der Waals surface area contributed by atoms with E-state index in [1.165, 1.54) is 21.4 Å². The Kier molecular flexibility index (Phi) is 4.30. The smallest absolute Gasteiger partial charge is 0.330 e. The Hall–Kier alpha value is -1.36. The van der Waals surface area contributed by atoms with Crippen LogP contribution in [0.15, 0.2) is 21.9 Å². The van der Waals surface area contributed by atoms with Crippen molar-refractivity contribution in [3.8, 4) is 0 Å². The van der Waals surface area contributed by atoms with Gasteiger partial charge in [0.2, 0.25) is 0 Å². The third-order valence-electron chi connectivity index (χ3n) is 2.05. The molecule has 1 aromatic heterocycles. The van der Waals surface area contributed by atoms with E-state index in [1.807, 2.05) is 6.92 Å². The van der Waals surface area contributed by atoms with Crippen molar-refractivity contribution in [2.75, 3.05) is 13.2 Å². The summed E-state index contributed by atoms with van der Waals surface area (Å²) in [6.07, 6.45) is 2.40. The Bertz CT molecular complexity index is 419. The van der Waals surface area contributed by atoms with Gasteiger partial charge in [0.05, 0.1) is 13.2 Å². The van der Waals surface area contributed by atoms with E-state index in [4.69, 9.17) is 4.74 Å². The molecule has 0 spiro atoms. The highest BCUT2D eigenvalue weighted by atomic mass is 16.5. The van der Waals surface area contributed by atoms with E-state index in [-0.39, 0.29) is 11.2 Å². The maximum Gasteiger partial charge on any atom is 0.330 e. The van der Waals surface area contributed by atoms with Gasteiger partial charge < -0.3 is 9.30 Å². The highest BCUT2D eigenvalue weighted by Gasteiger charge is 2.01. The highest BCUT2D eigenvalue weighted by molar-refractivity contribution is 4.85. The van der Waals surface area contributed by atoms with Crippen LogP contribution in [0.25, 0.3) is 0 Å². The van der Waals surface area contributed by atoms with E-state index in [0.29, 0.717) is 19.8 Å². The molecule has 0 atom stereocenters. The van der Waals surface area contributed by atoms with Crippen molar-refractivity contribution < 1.29 is 4.74 Å². The second-order valence-corrected chi connectivity index (χ2v) is 3.31. The maximum absolute atomic E-state index is 11.5. The normalized spacial score (nSPS) is 10.5. The van der Waals surface area contributed by atoms with Gasteiger partial charge in [0, 0.05) is 25.9 Å². The molecule has 84 valence electrons. The van der Waals surface area contributed by atoms with Crippen molar-refractivity contribution in [3.05, 3.63) is 33.1 Å². The van der Waals surface area contributed by atoms with Gasteiger partial charge in [0.15, 0.2) is 0 Å². The molecule has 0 amide bonds. The molecule has 0 aliphatic carbocycles. The van der Waals surface area contributed by atoms with Crippen molar-refractivity contribution in [1.29, 1.82) is 0 Å². The molecule has 0 unspecified atom stereocenters. The van der Waals surface area contributed by atoms with Gasteiger partial charge in [-0.15, -0.1) is 0 Å². The molecular weight excluding hydrogens is 196 g/mol. The van der Waals surface area contributed by atoms with E-state index in [1.54, 1.807) is 7.05 Å². The minimum atomic E-state index is -0.303. The summed E-state index contributed by atoms with van der Waals surface area (Å²) in [5, 5.41) is 0. The van der Waals surface area contributed by atoms with E-state index >= 15 is 0 Å². The first-order valence-electron chi connectivity index (χ1n) is 5.01. The number of hydrogen-bond donors (Lipinski definition) is 0. The summed E-state index contributed by atoms with van der Waals surface area (Å²) < 4.78 is 7.78. The zero-order chi connectivity index (χ0) is 11.3. The number of ether oxygens (including phenoxy) is 1. The van der Waals surface area contributed by atoms with Crippen molar-refractivity contribution in [2.24, 2.45) is 7.05 Å². The molecule has 0 aliphatic rings. The van der Waals surface area contributed by atoms with E-state index in [9.17, 15) is 9.59 Å². The minimum absolute atomic E-state index is 0.279. The Morgan fingerprint density at radius 2 is 2.07 bits per heavy atom. The van der Waals surface area contributed by atoms with Crippen LogP contribution < -0.4 is 11.2 Å². The molecule has 0 saturated carbocycles. The molecule has 5 heteroatoms. The summed E-state index contributed by atoms with van der Waals surface area (Å²) >= 11 is 0. The van der Waals surface area contributed by atoms with Gasteiger partial charge >= 0.3 is 5.69 Å². The van der Waals surface area contributed by atoms with E-state index in [0.717, 1.165) is 6.42 Å². The summed E-state index contributed by atoms with van der Waals surface area (Å²) in [5.74, 6) is 0. The summed E-state index contributed by atoms with van der Waals surface area (Å²) in [6, 6.07) is 1.38. The molecule has 1 aromatic rings. The van der Waals surface area contributed by atoms with Gasteiger partial charge in [0.25, 0.3) is 5.56 Å². The average molecular weight is 212 g/mol. The van der Waals surface area contributed by atoms with Gasteiger partial charge in [0.1, 0.15) is 0 Å². The third-order valence-corrected chi connectivity index (χ3v) is 2.05. The monoisotopic (exact) mass is 212 g/mol. The lowest BCUT2D eigenvalue weighted by Gasteiger charge is -2.06. The molecule has 0 aliphatic heterocycles. The van der Waals surface area contributed by atoms with E-state index in [2.05, 4.69) is 0 Å². The van der Waals surface area contributed by atoms with E-state index < -0.39 is 0 Å². The quantitative estimate of drug-likeness (QED) is 0.644. The fourth-order valence-electron chi connectivity index (χ4n) is 1.22. The lowest BCUT2D eigenvalue weighted by Crippen LogP contribution is -2.38. The SMILES string of the molecule is CCCOCCn1c(=O)ccn(C)c1=O. The molecule has 0 N–H and O–H groups in total. The summed E-state index contributed by atoms with van der Waals surface area (Å²) in [7, 11) is 1.62. The molecular formula is C10H16N2O3. The molecule has 1 heterocycles. The van der Waals surface area contributed by atoms with Crippen LogP contribution in [0.3, 0.4) is 0 Å². The molecule has 5 nitrogen and oxygen atoms in total. The molecule has 0 fully saturated rings. The molecule has 0 saturated heterocycles. The lowest BCUT2D eigenvalue weighted by molar-refractivity contribution is 0.125. The van der Waals surface area contributed by atoms with Crippen LogP contribution in [-0.2, 0) is 18.3 Å². The maximum atomic E-state index is 11.5. The van der Waals surface area contributed by atoms with Gasteiger partial charge in [-0.2, -0.15) is 0 Å². The largest absolute Gasteiger partial charge is 0.380 e. The Balaban J connectivity index is 2.72. The average Bonchev–Trinajstić information content (AvgIpc) is 2.23. The Labute approximate surface area is 87.9 Å². The number of nitrogens with zero attached hydrogens (tertiary/aromatic N) is 2. The molecule has 0 radical (unpaired) electrons. The summed E-state index contributed by atoms with van der Waals surface area (Å²) in [4.78, 5) is 22.9. The van der Waals surface area contributed by atoms with Crippen LogP contribution in [-0.4, -0.2) is 22.3 Å². The molecule has 0 bridgehead atoms. The molecule has 1 rings (SSSR count). The van der Waals surface area contributed by atoms with Crippen LogP contribution in [0.5, 0.6) is 0 Å². The first-order valence-corrected chi connectivity index (χ1v) is 5.01. The fourth-order valence-corrected chi connectivity index (χ4v) is 1.22. The van der Waals surface area contributed by atoms with Crippen LogP contribution in [0.4, 0.5) is 0 Å². The first kappa shape index (κ1) is 11.7. The number of hydrogen-bond acceptors (Lipinski definition) is 3. The van der Waals surface area contributed by atoms with Crippen LogP contribution in [0.1, 0.15) is 13.3 Å². The number of aromatic nitrogens is 2. The summed E-state index contributed by atoms with van der Waals surface area (Å²) in [5.41, 5.74) is -0.583. The van der Waals surface area contributed by atoms with Gasteiger partial charge in [-0.1, -0.05) is 6.92 Å². The summed E-state index contributed by atoms with van der Waals surface area (Å²) in [6.45, 7) is 3.37. The van der Waals surface area contributed by atoms with Crippen LogP contribution in [0, 0.1) is 0 Å². The molecule has 0 aromatic carbocycles. The minimum Gasteiger partial charge on any atom is -0.380 e. The zero-order valence-corrected chi connectivity index (χ0v) is 9.10. The second-order valence-electron chi connectivity index (χ2n) is 3.31. The van der Waals surface area contributed by atoms with Gasteiger partial charge in [-0.3, -0.25) is 9.36 Å². The predicted octanol–water partition coefficient (Wildman–Crippen LogP) is -0.0264. The standard InChI is InChI=1S/C10H16N2O3/c1-3-7-15-8-6-12-9(13)4-5-11(2)10(12)14/h4-5H,3,6-8H2,1-2H3. The highest BCUT2D eigenvalue weighted by Crippen LogP contribution is 1.82. The van der Waals surface area contributed by atoms with Crippen LogP contribution >= 0.6 is 0 Å². The van der Waals surface area contributed by atoms with Crippen molar-refractivity contribution >= 4 is 0 Å². The Morgan fingerprint density at radius 3 is 2.73 bits per heavy atom. The zero-order valence-electron chi connectivity index (χ0n) is 9.10. The Morgan fingerprint density at radius 1 is 1.33 bits per heavy atom. The van der Waals surface area contributed by atoms with Gasteiger partial charge in [-0.25, -0.2) is 4.79 Å². The topological polar surface area (TPSA) is 53.2 Å². The van der Waals surface area contributed by atoms with Crippen molar-refractivity contribution in [2.45, 2.75) is 19.9 Å². The van der Waals surface area contributed by atoms with Crippen molar-refractivity contribution in [3.63, 3.8) is 0 Å². The van der Waals surface area contributed by atoms with Crippen molar-refractivity contribution in [1.82, 2.24) is 9.13 Å². The second kappa shape index (κ2) is 5.50. The number of rotatable bonds is 5. The van der Waals surface area contributed by atoms with Crippen LogP contribution in [0.2, 0.25) is 0 Å². The molecule has 15 heavy (non-hydrogen) atoms. The number of aryl methyl sites for hydroxylation is 1. The predicted molar refractivity (Wildman–Crippen MR) is 57.1 cm³/mol. The fraction of sp³-hybridized carbons (Fsp3) is 0.600.